The lowest BCUT2D eigenvalue weighted by atomic mass is 10.1. The van der Waals surface area contributed by atoms with Gasteiger partial charge in [-0.3, -0.25) is 4.79 Å². The van der Waals surface area contributed by atoms with E-state index >= 15 is 0 Å². The Morgan fingerprint density at radius 1 is 1.00 bits per heavy atom. The second-order valence-electron chi connectivity index (χ2n) is 5.74. The van der Waals surface area contributed by atoms with Crippen molar-refractivity contribution in [2.75, 3.05) is 7.11 Å². The van der Waals surface area contributed by atoms with Crippen molar-refractivity contribution in [3.63, 3.8) is 0 Å². The van der Waals surface area contributed by atoms with Crippen LogP contribution in [0.2, 0.25) is 0 Å². The van der Waals surface area contributed by atoms with Crippen molar-refractivity contribution < 1.29 is 19.1 Å². The third-order valence-corrected chi connectivity index (χ3v) is 4.76. The van der Waals surface area contributed by atoms with E-state index in [0.717, 1.165) is 11.3 Å². The number of nitrogens with one attached hydrogen (secondary N) is 1. The summed E-state index contributed by atoms with van der Waals surface area (Å²) in [6, 6.07) is 19.8. The highest BCUT2D eigenvalue weighted by molar-refractivity contribution is 7.11. The van der Waals surface area contributed by atoms with Crippen LogP contribution in [0, 0.1) is 0 Å². The van der Waals surface area contributed by atoms with Crippen molar-refractivity contribution in [1.82, 2.24) is 5.32 Å². The zero-order valence-corrected chi connectivity index (χ0v) is 15.6. The predicted octanol–water partition coefficient (Wildman–Crippen LogP) is 3.97. The van der Waals surface area contributed by atoms with Gasteiger partial charge in [-0.1, -0.05) is 48.5 Å². The molecule has 0 saturated carbocycles. The minimum Gasteiger partial charge on any atom is -0.497 e. The van der Waals surface area contributed by atoms with Crippen LogP contribution in [0.3, 0.4) is 0 Å². The fraction of sp³-hybridized carbons (Fsp3) is 0.143. The molecule has 1 heterocycles. The molecular weight excluding hydrogens is 362 g/mol. The van der Waals surface area contributed by atoms with Crippen LogP contribution in [-0.4, -0.2) is 19.0 Å². The molecule has 1 unspecified atom stereocenters. The predicted molar refractivity (Wildman–Crippen MR) is 104 cm³/mol. The summed E-state index contributed by atoms with van der Waals surface area (Å²) in [5.74, 6) is -0.141. The Morgan fingerprint density at radius 2 is 1.74 bits per heavy atom. The molecular formula is C21H19NO4S. The number of carbonyl (C=O) groups excluding carboxylic acids is 2. The number of hydrogen-bond acceptors (Lipinski definition) is 5. The number of amides is 1. The van der Waals surface area contributed by atoms with Crippen molar-refractivity contribution in [2.24, 2.45) is 0 Å². The van der Waals surface area contributed by atoms with E-state index in [2.05, 4.69) is 5.32 Å². The molecule has 6 heteroatoms. The van der Waals surface area contributed by atoms with E-state index < -0.39 is 12.1 Å². The smallest absolute Gasteiger partial charge is 0.349 e. The first-order chi connectivity index (χ1) is 13.2. The summed E-state index contributed by atoms with van der Waals surface area (Å²) < 4.78 is 10.6. The highest BCUT2D eigenvalue weighted by Gasteiger charge is 2.25. The number of rotatable bonds is 7. The van der Waals surface area contributed by atoms with E-state index in [0.29, 0.717) is 17.0 Å². The summed E-state index contributed by atoms with van der Waals surface area (Å²) in [5.41, 5.74) is 1.54. The van der Waals surface area contributed by atoms with Gasteiger partial charge in [0.2, 0.25) is 6.10 Å². The molecule has 1 amide bonds. The second kappa shape index (κ2) is 9.00. The molecule has 1 N–H and O–H groups in total. The molecule has 0 saturated heterocycles. The van der Waals surface area contributed by atoms with Crippen LogP contribution >= 0.6 is 11.3 Å². The number of carbonyl (C=O) groups is 2. The highest BCUT2D eigenvalue weighted by Crippen LogP contribution is 2.21. The van der Waals surface area contributed by atoms with Gasteiger partial charge in [0.25, 0.3) is 5.91 Å². The first-order valence-electron chi connectivity index (χ1n) is 8.37. The molecule has 0 bridgehead atoms. The monoisotopic (exact) mass is 381 g/mol. The molecule has 0 spiro atoms. The number of ether oxygens (including phenoxy) is 2. The van der Waals surface area contributed by atoms with Gasteiger partial charge in [0.15, 0.2) is 0 Å². The molecule has 0 aliphatic rings. The van der Waals surface area contributed by atoms with Crippen molar-refractivity contribution in [1.29, 1.82) is 0 Å². The maximum Gasteiger partial charge on any atom is 0.349 e. The van der Waals surface area contributed by atoms with E-state index in [1.165, 1.54) is 11.3 Å². The van der Waals surface area contributed by atoms with Gasteiger partial charge < -0.3 is 14.8 Å². The molecule has 0 aliphatic carbocycles. The van der Waals surface area contributed by atoms with Gasteiger partial charge in [-0.25, -0.2) is 4.79 Å². The summed E-state index contributed by atoms with van der Waals surface area (Å²) >= 11 is 1.28. The standard InChI is InChI=1S/C21H19NO4S/c1-25-17-11-9-15(10-12-17)14-22-20(23)19(16-6-3-2-4-7-16)26-21(24)18-8-5-13-27-18/h2-13,19H,14H2,1H3,(H,22,23). The Balaban J connectivity index is 1.71. The Hall–Kier alpha value is -3.12. The quantitative estimate of drug-likeness (QED) is 0.629. The Morgan fingerprint density at radius 3 is 2.37 bits per heavy atom. The van der Waals surface area contributed by atoms with Crippen molar-refractivity contribution in [3.8, 4) is 5.75 Å². The molecule has 3 rings (SSSR count). The minimum absolute atomic E-state index is 0.322. The van der Waals surface area contributed by atoms with E-state index in [1.807, 2.05) is 30.3 Å². The average molecular weight is 381 g/mol. The summed E-state index contributed by atoms with van der Waals surface area (Å²) in [4.78, 5) is 25.5. The van der Waals surface area contributed by atoms with Gasteiger partial charge in [-0.15, -0.1) is 11.3 Å². The third kappa shape index (κ3) is 4.95. The minimum atomic E-state index is -1.01. The molecule has 0 fully saturated rings. The Bertz CT molecular complexity index is 876. The molecule has 1 atom stereocenters. The molecule has 0 aliphatic heterocycles. The lowest BCUT2D eigenvalue weighted by Crippen LogP contribution is -2.31. The van der Waals surface area contributed by atoms with E-state index in [9.17, 15) is 9.59 Å². The fourth-order valence-electron chi connectivity index (χ4n) is 2.49. The van der Waals surface area contributed by atoms with E-state index in [-0.39, 0.29) is 5.91 Å². The second-order valence-corrected chi connectivity index (χ2v) is 6.69. The van der Waals surface area contributed by atoms with Gasteiger partial charge in [0.1, 0.15) is 10.6 Å². The number of hydrogen-bond donors (Lipinski definition) is 1. The lowest BCUT2D eigenvalue weighted by molar-refractivity contribution is -0.130. The van der Waals surface area contributed by atoms with E-state index in [1.54, 1.807) is 48.9 Å². The SMILES string of the molecule is COc1ccc(CNC(=O)C(OC(=O)c2cccs2)c2ccccc2)cc1. The molecule has 2 aromatic carbocycles. The summed E-state index contributed by atoms with van der Waals surface area (Å²) in [6.45, 7) is 0.322. The topological polar surface area (TPSA) is 64.6 Å². The van der Waals surface area contributed by atoms with Crippen LogP contribution in [0.15, 0.2) is 72.1 Å². The highest BCUT2D eigenvalue weighted by atomic mass is 32.1. The van der Waals surface area contributed by atoms with Gasteiger partial charge in [0, 0.05) is 12.1 Å². The van der Waals surface area contributed by atoms with Gasteiger partial charge in [-0.05, 0) is 29.1 Å². The van der Waals surface area contributed by atoms with Gasteiger partial charge in [0.05, 0.1) is 7.11 Å². The van der Waals surface area contributed by atoms with Gasteiger partial charge in [-0.2, -0.15) is 0 Å². The zero-order chi connectivity index (χ0) is 19.1. The number of benzene rings is 2. The number of thiophene rings is 1. The molecule has 0 radical (unpaired) electrons. The molecule has 138 valence electrons. The zero-order valence-electron chi connectivity index (χ0n) is 14.8. The normalized spacial score (nSPS) is 11.4. The van der Waals surface area contributed by atoms with Crippen molar-refractivity contribution in [3.05, 3.63) is 88.1 Å². The lowest BCUT2D eigenvalue weighted by Gasteiger charge is -2.18. The van der Waals surface area contributed by atoms with Crippen LogP contribution in [0.5, 0.6) is 5.75 Å². The summed E-state index contributed by atoms with van der Waals surface area (Å²) in [6.07, 6.45) is -1.01. The first kappa shape index (κ1) is 18.7. The molecule has 27 heavy (non-hydrogen) atoms. The maximum atomic E-state index is 12.7. The van der Waals surface area contributed by atoms with Crippen LogP contribution in [0.25, 0.3) is 0 Å². The average Bonchev–Trinajstić information content (AvgIpc) is 3.26. The van der Waals surface area contributed by atoms with Crippen molar-refractivity contribution >= 4 is 23.2 Å². The van der Waals surface area contributed by atoms with Crippen LogP contribution in [0.4, 0.5) is 0 Å². The Kier molecular flexibility index (Phi) is 6.22. The molecule has 1 aromatic heterocycles. The van der Waals surface area contributed by atoms with Crippen LogP contribution < -0.4 is 10.1 Å². The summed E-state index contributed by atoms with van der Waals surface area (Å²) in [7, 11) is 1.60. The molecule has 3 aromatic rings. The van der Waals surface area contributed by atoms with E-state index in [4.69, 9.17) is 9.47 Å². The Labute approximate surface area is 161 Å². The largest absolute Gasteiger partial charge is 0.497 e. The number of methoxy groups -OCH3 is 1. The van der Waals surface area contributed by atoms with Crippen molar-refractivity contribution in [2.45, 2.75) is 12.6 Å². The van der Waals surface area contributed by atoms with Gasteiger partial charge >= 0.3 is 5.97 Å². The third-order valence-electron chi connectivity index (χ3n) is 3.91. The molecule has 5 nitrogen and oxygen atoms in total. The maximum absolute atomic E-state index is 12.7. The van der Waals surface area contributed by atoms with Crippen LogP contribution in [0.1, 0.15) is 26.9 Å². The summed E-state index contributed by atoms with van der Waals surface area (Å²) in [5, 5.41) is 4.62. The van der Waals surface area contributed by atoms with Crippen LogP contribution in [-0.2, 0) is 16.1 Å². The fourth-order valence-corrected chi connectivity index (χ4v) is 3.09. The first-order valence-corrected chi connectivity index (χ1v) is 9.25. The number of esters is 1.